The molecule has 4 heteroatoms. The lowest BCUT2D eigenvalue weighted by atomic mass is 10.0. The van der Waals surface area contributed by atoms with Gasteiger partial charge in [-0.05, 0) is 25.8 Å². The molecule has 0 radical (unpaired) electrons. The fraction of sp³-hybridized carbons (Fsp3) is 0.588. The fourth-order valence-corrected chi connectivity index (χ4v) is 2.34. The maximum Gasteiger partial charge on any atom is 0.177 e. The molecule has 0 aliphatic rings. The summed E-state index contributed by atoms with van der Waals surface area (Å²) in [5.41, 5.74) is 3.04. The Morgan fingerprint density at radius 2 is 1.81 bits per heavy atom. The third-order valence-electron chi connectivity index (χ3n) is 3.48. The Balaban J connectivity index is 2.64. The zero-order valence-electron chi connectivity index (χ0n) is 13.6. The lowest BCUT2D eigenvalue weighted by molar-refractivity contribution is 0.0877. The van der Waals surface area contributed by atoms with Crippen LogP contribution >= 0.6 is 0 Å². The second-order valence-corrected chi connectivity index (χ2v) is 5.36. The number of rotatable bonds is 10. The van der Waals surface area contributed by atoms with Gasteiger partial charge in [0.15, 0.2) is 5.78 Å². The van der Waals surface area contributed by atoms with Crippen LogP contribution in [0.25, 0.3) is 0 Å². The minimum Gasteiger partial charge on any atom is -0.385 e. The van der Waals surface area contributed by atoms with Crippen LogP contribution in [0.1, 0.15) is 27.9 Å². The number of carbonyl (C=O) groups is 1. The molecule has 0 saturated heterocycles. The van der Waals surface area contributed by atoms with Gasteiger partial charge in [0.1, 0.15) is 0 Å². The standard InChI is InChI=1S/C17H27NO3/c1-14-6-7-16(15(2)12-14)17(19)13-18(9-11-21-4)8-5-10-20-3/h6-7,12H,5,8-11,13H2,1-4H3. The SMILES string of the molecule is COCCCN(CCOC)CC(=O)c1ccc(C)cc1C. The number of methoxy groups -OCH3 is 2. The first-order chi connectivity index (χ1) is 10.1. The maximum absolute atomic E-state index is 12.5. The van der Waals surface area contributed by atoms with E-state index in [2.05, 4.69) is 11.0 Å². The smallest absolute Gasteiger partial charge is 0.177 e. The number of ketones is 1. The number of hydrogen-bond donors (Lipinski definition) is 0. The Labute approximate surface area is 128 Å². The van der Waals surface area contributed by atoms with Gasteiger partial charge in [0.25, 0.3) is 0 Å². The minimum absolute atomic E-state index is 0.168. The van der Waals surface area contributed by atoms with Crippen molar-refractivity contribution in [2.75, 3.05) is 47.1 Å². The number of carbonyl (C=O) groups excluding carboxylic acids is 1. The molecule has 0 heterocycles. The number of benzene rings is 1. The van der Waals surface area contributed by atoms with Crippen LogP contribution in [0.3, 0.4) is 0 Å². The van der Waals surface area contributed by atoms with Gasteiger partial charge in [-0.1, -0.05) is 23.8 Å². The highest BCUT2D eigenvalue weighted by Gasteiger charge is 2.14. The minimum atomic E-state index is 0.168. The Morgan fingerprint density at radius 1 is 1.10 bits per heavy atom. The molecule has 0 aliphatic heterocycles. The molecule has 0 amide bonds. The Bertz CT molecular complexity index is 446. The first-order valence-electron chi connectivity index (χ1n) is 7.39. The number of Topliss-reactive ketones (excluding diaryl/α,β-unsaturated/α-hetero) is 1. The normalized spacial score (nSPS) is 11.1. The summed E-state index contributed by atoms with van der Waals surface area (Å²) in [4.78, 5) is 14.6. The molecule has 0 N–H and O–H groups in total. The number of aryl methyl sites for hydroxylation is 2. The molecule has 4 nitrogen and oxygen atoms in total. The van der Waals surface area contributed by atoms with E-state index in [0.717, 1.165) is 30.6 Å². The molecule has 1 aromatic rings. The summed E-state index contributed by atoms with van der Waals surface area (Å²) in [5, 5.41) is 0. The van der Waals surface area contributed by atoms with E-state index in [1.54, 1.807) is 14.2 Å². The maximum atomic E-state index is 12.5. The predicted molar refractivity (Wildman–Crippen MR) is 85.1 cm³/mol. The van der Waals surface area contributed by atoms with Crippen LogP contribution in [0, 0.1) is 13.8 Å². The molecule has 0 spiro atoms. The van der Waals surface area contributed by atoms with Gasteiger partial charge in [-0.2, -0.15) is 0 Å². The van der Waals surface area contributed by atoms with Crippen LogP contribution < -0.4 is 0 Å². The monoisotopic (exact) mass is 293 g/mol. The fourth-order valence-electron chi connectivity index (χ4n) is 2.34. The Hall–Kier alpha value is -1.23. The molecule has 0 fully saturated rings. The largest absolute Gasteiger partial charge is 0.385 e. The lowest BCUT2D eigenvalue weighted by Crippen LogP contribution is -2.34. The van der Waals surface area contributed by atoms with Gasteiger partial charge < -0.3 is 9.47 Å². The van der Waals surface area contributed by atoms with Gasteiger partial charge in [-0.15, -0.1) is 0 Å². The lowest BCUT2D eigenvalue weighted by Gasteiger charge is -2.21. The summed E-state index contributed by atoms with van der Waals surface area (Å²) in [6, 6.07) is 5.97. The van der Waals surface area contributed by atoms with Crippen LogP contribution in [0.5, 0.6) is 0 Å². The zero-order chi connectivity index (χ0) is 15.7. The van der Waals surface area contributed by atoms with Crippen molar-refractivity contribution in [3.05, 3.63) is 34.9 Å². The third-order valence-corrected chi connectivity index (χ3v) is 3.48. The van der Waals surface area contributed by atoms with Gasteiger partial charge in [0.2, 0.25) is 0 Å². The average molecular weight is 293 g/mol. The quantitative estimate of drug-likeness (QED) is 0.491. The van der Waals surface area contributed by atoms with Crippen molar-refractivity contribution >= 4 is 5.78 Å². The Morgan fingerprint density at radius 3 is 2.43 bits per heavy atom. The number of hydrogen-bond acceptors (Lipinski definition) is 4. The van der Waals surface area contributed by atoms with Gasteiger partial charge in [-0.25, -0.2) is 0 Å². The van der Waals surface area contributed by atoms with Crippen LogP contribution in [0.2, 0.25) is 0 Å². The second-order valence-electron chi connectivity index (χ2n) is 5.36. The molecule has 118 valence electrons. The average Bonchev–Trinajstić information content (AvgIpc) is 2.44. The molecule has 0 unspecified atom stereocenters. The van der Waals surface area contributed by atoms with Crippen molar-refractivity contribution in [1.29, 1.82) is 0 Å². The molecule has 0 aromatic heterocycles. The van der Waals surface area contributed by atoms with Gasteiger partial charge >= 0.3 is 0 Å². The van der Waals surface area contributed by atoms with Crippen molar-refractivity contribution in [1.82, 2.24) is 4.90 Å². The van der Waals surface area contributed by atoms with Crippen molar-refractivity contribution in [3.63, 3.8) is 0 Å². The summed E-state index contributed by atoms with van der Waals surface area (Å²) in [6.45, 7) is 7.40. The highest BCUT2D eigenvalue weighted by atomic mass is 16.5. The summed E-state index contributed by atoms with van der Waals surface area (Å²) in [6.07, 6.45) is 0.917. The van der Waals surface area contributed by atoms with Crippen molar-refractivity contribution in [2.24, 2.45) is 0 Å². The van der Waals surface area contributed by atoms with E-state index in [0.29, 0.717) is 19.8 Å². The molecule has 0 aliphatic carbocycles. The van der Waals surface area contributed by atoms with E-state index in [9.17, 15) is 4.79 Å². The molecule has 1 rings (SSSR count). The third kappa shape index (κ3) is 6.38. The van der Waals surface area contributed by atoms with E-state index in [1.165, 1.54) is 5.56 Å². The van der Waals surface area contributed by atoms with Crippen molar-refractivity contribution < 1.29 is 14.3 Å². The topological polar surface area (TPSA) is 38.8 Å². The van der Waals surface area contributed by atoms with Crippen molar-refractivity contribution in [3.8, 4) is 0 Å². The Kier molecular flexibility index (Phi) is 8.20. The summed E-state index contributed by atoms with van der Waals surface area (Å²) in [7, 11) is 3.37. The van der Waals surface area contributed by atoms with Gasteiger partial charge in [0.05, 0.1) is 13.2 Å². The first-order valence-corrected chi connectivity index (χ1v) is 7.39. The van der Waals surface area contributed by atoms with Crippen LogP contribution in [-0.2, 0) is 9.47 Å². The molecule has 0 bridgehead atoms. The molecule has 0 atom stereocenters. The molecular weight excluding hydrogens is 266 g/mol. The van der Waals surface area contributed by atoms with E-state index in [1.807, 2.05) is 26.0 Å². The molecule has 21 heavy (non-hydrogen) atoms. The molecular formula is C17H27NO3. The number of ether oxygens (including phenoxy) is 2. The number of nitrogens with zero attached hydrogens (tertiary/aromatic N) is 1. The molecule has 0 saturated carbocycles. The second kappa shape index (κ2) is 9.66. The predicted octanol–water partition coefficient (Wildman–Crippen LogP) is 2.47. The van der Waals surface area contributed by atoms with Crippen LogP contribution in [0.15, 0.2) is 18.2 Å². The van der Waals surface area contributed by atoms with E-state index in [-0.39, 0.29) is 5.78 Å². The van der Waals surface area contributed by atoms with Gasteiger partial charge in [0, 0.05) is 39.5 Å². The van der Waals surface area contributed by atoms with Gasteiger partial charge in [-0.3, -0.25) is 9.69 Å². The summed E-state index contributed by atoms with van der Waals surface area (Å²) in [5.74, 6) is 0.168. The highest BCUT2D eigenvalue weighted by molar-refractivity contribution is 5.98. The first kappa shape index (κ1) is 17.8. The zero-order valence-corrected chi connectivity index (χ0v) is 13.6. The summed E-state index contributed by atoms with van der Waals surface area (Å²) < 4.78 is 10.2. The summed E-state index contributed by atoms with van der Waals surface area (Å²) >= 11 is 0. The van der Waals surface area contributed by atoms with E-state index >= 15 is 0 Å². The highest BCUT2D eigenvalue weighted by Crippen LogP contribution is 2.12. The van der Waals surface area contributed by atoms with E-state index in [4.69, 9.17) is 9.47 Å². The van der Waals surface area contributed by atoms with Crippen molar-refractivity contribution in [2.45, 2.75) is 20.3 Å². The van der Waals surface area contributed by atoms with Crippen LogP contribution in [-0.4, -0.2) is 57.8 Å². The van der Waals surface area contributed by atoms with Crippen LogP contribution in [0.4, 0.5) is 0 Å². The van der Waals surface area contributed by atoms with E-state index < -0.39 is 0 Å². The molecule has 1 aromatic carbocycles.